The van der Waals surface area contributed by atoms with Crippen LogP contribution >= 0.6 is 15.6 Å². The summed E-state index contributed by atoms with van der Waals surface area (Å²) >= 11 is 0. The fraction of sp³-hybridized carbons (Fsp3) is 0.950. The summed E-state index contributed by atoms with van der Waals surface area (Å²) in [6.07, 6.45) is 63.5. The number of carbonyl (C=O) groups excluding carboxylic acids is 4. The molecule has 0 saturated heterocycles. The lowest BCUT2D eigenvalue weighted by Crippen LogP contribution is -2.30. The minimum Gasteiger partial charge on any atom is -0.462 e. The molecule has 3 unspecified atom stereocenters. The summed E-state index contributed by atoms with van der Waals surface area (Å²) in [5.41, 5.74) is 0. The van der Waals surface area contributed by atoms with Crippen molar-refractivity contribution in [3.63, 3.8) is 0 Å². The number of aliphatic hydroxyl groups excluding tert-OH is 1. The van der Waals surface area contributed by atoms with Gasteiger partial charge in [-0.1, -0.05) is 375 Å². The first-order valence-electron chi connectivity index (χ1n) is 41.7. The van der Waals surface area contributed by atoms with Crippen LogP contribution in [-0.2, 0) is 65.4 Å². The molecule has 0 heterocycles. The van der Waals surface area contributed by atoms with E-state index in [0.29, 0.717) is 25.7 Å². The zero-order chi connectivity index (χ0) is 72.7. The molecule has 0 rings (SSSR count). The van der Waals surface area contributed by atoms with Crippen molar-refractivity contribution in [1.29, 1.82) is 0 Å². The molecular formula is C80H156O17P2. The molecule has 0 aromatic rings. The number of esters is 4. The van der Waals surface area contributed by atoms with Crippen molar-refractivity contribution < 1.29 is 80.2 Å². The fourth-order valence-electron chi connectivity index (χ4n) is 12.4. The maximum absolute atomic E-state index is 13.1. The molecule has 6 atom stereocenters. The van der Waals surface area contributed by atoms with Crippen LogP contribution in [0.5, 0.6) is 0 Å². The van der Waals surface area contributed by atoms with Crippen molar-refractivity contribution in [2.45, 2.75) is 445 Å². The van der Waals surface area contributed by atoms with Crippen LogP contribution in [0, 0.1) is 5.92 Å². The van der Waals surface area contributed by atoms with E-state index in [-0.39, 0.29) is 25.7 Å². The Bertz CT molecular complexity index is 1890. The van der Waals surface area contributed by atoms with Gasteiger partial charge in [-0.2, -0.15) is 0 Å². The van der Waals surface area contributed by atoms with Crippen LogP contribution in [0.4, 0.5) is 0 Å². The molecule has 19 heteroatoms. The lowest BCUT2D eigenvalue weighted by molar-refractivity contribution is -0.161. The van der Waals surface area contributed by atoms with Crippen LogP contribution in [0.2, 0.25) is 0 Å². The molecule has 0 aromatic heterocycles. The molecule has 0 aliphatic heterocycles. The van der Waals surface area contributed by atoms with Crippen molar-refractivity contribution in [3.8, 4) is 0 Å². The van der Waals surface area contributed by atoms with Gasteiger partial charge in [0.1, 0.15) is 19.3 Å². The maximum atomic E-state index is 13.1. The van der Waals surface area contributed by atoms with Gasteiger partial charge in [0.25, 0.3) is 0 Å². The van der Waals surface area contributed by atoms with Crippen LogP contribution in [0.3, 0.4) is 0 Å². The summed E-state index contributed by atoms with van der Waals surface area (Å²) in [6.45, 7) is 7.36. The average Bonchev–Trinajstić information content (AvgIpc) is 1.03. The highest BCUT2D eigenvalue weighted by atomic mass is 31.2. The number of phosphoric acid groups is 2. The summed E-state index contributed by atoms with van der Waals surface area (Å²) < 4.78 is 68.7. The van der Waals surface area contributed by atoms with Crippen LogP contribution in [0.15, 0.2) is 0 Å². The van der Waals surface area contributed by atoms with E-state index in [9.17, 15) is 43.2 Å². The Morgan fingerprint density at radius 2 is 0.485 bits per heavy atom. The number of rotatable bonds is 80. The van der Waals surface area contributed by atoms with E-state index in [2.05, 4.69) is 34.6 Å². The number of carbonyl (C=O) groups is 4. The van der Waals surface area contributed by atoms with Crippen molar-refractivity contribution in [1.82, 2.24) is 0 Å². The highest BCUT2D eigenvalue weighted by molar-refractivity contribution is 7.47. The van der Waals surface area contributed by atoms with E-state index in [4.69, 9.17) is 37.0 Å². The smallest absolute Gasteiger partial charge is 0.462 e. The topological polar surface area (TPSA) is 237 Å². The third kappa shape index (κ3) is 72.8. The third-order valence-electron chi connectivity index (χ3n) is 19.1. The Kier molecular flexibility index (Phi) is 71.6. The van der Waals surface area contributed by atoms with E-state index >= 15 is 0 Å². The highest BCUT2D eigenvalue weighted by Gasteiger charge is 2.30. The van der Waals surface area contributed by atoms with E-state index in [0.717, 1.165) is 95.8 Å². The van der Waals surface area contributed by atoms with Crippen molar-refractivity contribution in [2.24, 2.45) is 5.92 Å². The van der Waals surface area contributed by atoms with Gasteiger partial charge in [-0.25, -0.2) is 9.13 Å². The highest BCUT2D eigenvalue weighted by Crippen LogP contribution is 2.45. The molecule has 0 bridgehead atoms. The lowest BCUT2D eigenvalue weighted by Gasteiger charge is -2.21. The number of ether oxygens (including phenoxy) is 4. The van der Waals surface area contributed by atoms with Gasteiger partial charge in [0.15, 0.2) is 12.2 Å². The minimum atomic E-state index is -4.96. The lowest BCUT2D eigenvalue weighted by atomic mass is 9.99. The van der Waals surface area contributed by atoms with E-state index in [1.165, 1.54) is 250 Å². The summed E-state index contributed by atoms with van der Waals surface area (Å²) in [7, 11) is -9.92. The molecule has 0 radical (unpaired) electrons. The first kappa shape index (κ1) is 97.1. The zero-order valence-corrected chi connectivity index (χ0v) is 66.4. The summed E-state index contributed by atoms with van der Waals surface area (Å²) in [5.74, 6) is -1.30. The molecule has 0 spiro atoms. The Hall–Kier alpha value is -1.94. The van der Waals surface area contributed by atoms with Crippen LogP contribution in [0.1, 0.15) is 426 Å². The average molecular weight is 1450 g/mol. The molecule has 588 valence electrons. The molecule has 17 nitrogen and oxygen atoms in total. The first-order valence-corrected chi connectivity index (χ1v) is 44.7. The zero-order valence-electron chi connectivity index (χ0n) is 64.6. The van der Waals surface area contributed by atoms with Gasteiger partial charge >= 0.3 is 39.5 Å². The second kappa shape index (κ2) is 73.0. The van der Waals surface area contributed by atoms with Crippen LogP contribution < -0.4 is 0 Å². The van der Waals surface area contributed by atoms with E-state index in [1.807, 2.05) is 0 Å². The molecule has 0 aromatic carbocycles. The van der Waals surface area contributed by atoms with Crippen LogP contribution in [-0.4, -0.2) is 96.7 Å². The normalized spacial score (nSPS) is 14.1. The minimum absolute atomic E-state index is 0.107. The van der Waals surface area contributed by atoms with Crippen molar-refractivity contribution >= 4 is 39.5 Å². The van der Waals surface area contributed by atoms with Gasteiger partial charge in [0.2, 0.25) is 0 Å². The number of phosphoric ester groups is 2. The quantitative estimate of drug-likeness (QED) is 0.0222. The number of aliphatic hydroxyl groups is 1. The van der Waals surface area contributed by atoms with E-state index in [1.54, 1.807) is 0 Å². The van der Waals surface area contributed by atoms with Crippen LogP contribution in [0.25, 0.3) is 0 Å². The Balaban J connectivity index is 5.27. The summed E-state index contributed by atoms with van der Waals surface area (Å²) in [6, 6.07) is 0. The Morgan fingerprint density at radius 1 is 0.283 bits per heavy atom. The predicted octanol–water partition coefficient (Wildman–Crippen LogP) is 24.0. The molecular weight excluding hydrogens is 1290 g/mol. The van der Waals surface area contributed by atoms with Gasteiger partial charge in [-0.15, -0.1) is 0 Å². The standard InChI is InChI=1S/C80H156O17P2/c1-6-10-13-16-19-22-25-28-30-31-33-36-39-45-50-55-60-65-79(84)96-75(69-91-78(83)64-59-54-49-44-38-35-32-29-26-23-20-17-14-11-7-2)71-94-98(86,87)92-67-74(81)68-93-99(88,89)95-72-76(70-90-77(82)63-58-53-48-43-37-34-27-24-21-18-15-12-8-3)97-80(85)66-61-56-51-46-41-40-42-47-52-57-62-73(5)9-4/h73-76,81H,6-72H2,1-5H3,(H,86,87)(H,88,89)/t73?,74-,75-,76-/m1/s1. The number of hydrogen-bond acceptors (Lipinski definition) is 15. The third-order valence-corrected chi connectivity index (χ3v) is 21.0. The molecule has 99 heavy (non-hydrogen) atoms. The molecule has 0 fully saturated rings. The van der Waals surface area contributed by atoms with Gasteiger partial charge in [0.05, 0.1) is 26.4 Å². The fourth-order valence-corrected chi connectivity index (χ4v) is 14.0. The monoisotopic (exact) mass is 1450 g/mol. The largest absolute Gasteiger partial charge is 0.472 e. The maximum Gasteiger partial charge on any atom is 0.472 e. The van der Waals surface area contributed by atoms with Crippen molar-refractivity contribution in [2.75, 3.05) is 39.6 Å². The van der Waals surface area contributed by atoms with Gasteiger partial charge in [-0.05, 0) is 31.6 Å². The first-order chi connectivity index (χ1) is 48.1. The second-order valence-corrected chi connectivity index (χ2v) is 32.0. The van der Waals surface area contributed by atoms with Crippen molar-refractivity contribution in [3.05, 3.63) is 0 Å². The van der Waals surface area contributed by atoms with Gasteiger partial charge in [-0.3, -0.25) is 37.3 Å². The van der Waals surface area contributed by atoms with Gasteiger partial charge in [0, 0.05) is 25.7 Å². The molecule has 0 amide bonds. The SMILES string of the molecule is CCCCCCCCCCCCCCCCCCCC(=O)O[C@H](COC(=O)CCCCCCCCCCCCCCCCC)COP(=O)(O)OC[C@@H](O)COP(=O)(O)OC[C@@H](COC(=O)CCCCCCCCCCCCCCC)OC(=O)CCCCCCCCCCCCC(C)CC. The number of hydrogen-bond donors (Lipinski definition) is 3. The van der Waals surface area contributed by atoms with E-state index < -0.39 is 97.5 Å². The second-order valence-electron chi connectivity index (χ2n) is 29.1. The summed E-state index contributed by atoms with van der Waals surface area (Å²) in [5, 5.41) is 10.6. The Labute approximate surface area is 607 Å². The molecule has 0 aliphatic carbocycles. The molecule has 0 saturated carbocycles. The number of unbranched alkanes of at least 4 members (excludes halogenated alkanes) is 51. The Morgan fingerprint density at radius 3 is 0.717 bits per heavy atom. The van der Waals surface area contributed by atoms with Gasteiger partial charge < -0.3 is 33.8 Å². The predicted molar refractivity (Wildman–Crippen MR) is 405 cm³/mol. The molecule has 3 N–H and O–H groups in total. The summed E-state index contributed by atoms with van der Waals surface area (Å²) in [4.78, 5) is 73.0. The molecule has 0 aliphatic rings.